The van der Waals surface area contributed by atoms with Crippen molar-refractivity contribution < 1.29 is 19.1 Å². The van der Waals surface area contributed by atoms with Crippen molar-refractivity contribution in [3.8, 4) is 11.1 Å². The van der Waals surface area contributed by atoms with Crippen molar-refractivity contribution in [2.75, 3.05) is 45.3 Å². The normalized spacial score (nSPS) is 15.8. The number of rotatable bonds is 8. The number of ether oxygens (including phenoxy) is 2. The highest BCUT2D eigenvalue weighted by molar-refractivity contribution is 5.82. The maximum atomic E-state index is 12.4. The Morgan fingerprint density at radius 2 is 1.94 bits per heavy atom. The lowest BCUT2D eigenvalue weighted by molar-refractivity contribution is -0.129. The summed E-state index contributed by atoms with van der Waals surface area (Å²) >= 11 is 0. The van der Waals surface area contributed by atoms with Gasteiger partial charge in [0.1, 0.15) is 12.1 Å². The second-order valence-electron chi connectivity index (χ2n) is 9.63. The molecule has 0 radical (unpaired) electrons. The van der Waals surface area contributed by atoms with Gasteiger partial charge in [-0.3, -0.25) is 4.79 Å². The molecule has 0 saturated carbocycles. The minimum Gasteiger partial charge on any atom is -0.444 e. The molecular formula is C25H35N5O4. The predicted octanol–water partition coefficient (Wildman–Crippen LogP) is 3.10. The average molecular weight is 470 g/mol. The van der Waals surface area contributed by atoms with E-state index in [2.05, 4.69) is 20.2 Å². The molecule has 1 aliphatic heterocycles. The lowest BCUT2D eigenvalue weighted by Gasteiger charge is -2.21. The summed E-state index contributed by atoms with van der Waals surface area (Å²) in [6.07, 6.45) is 4.15. The number of aromatic nitrogens is 2. The minimum absolute atomic E-state index is 0.123. The first-order chi connectivity index (χ1) is 16.1. The first-order valence-corrected chi connectivity index (χ1v) is 11.5. The number of nitrogens with zero attached hydrogens (tertiary/aromatic N) is 4. The van der Waals surface area contributed by atoms with Crippen LogP contribution in [0, 0.1) is 5.92 Å². The highest BCUT2D eigenvalue weighted by Crippen LogP contribution is 2.24. The number of carbonyl (C=O) groups is 2. The molecule has 2 heterocycles. The number of likely N-dealkylation sites (N-methyl/N-ethyl adjacent to an activating group) is 1. The Balaban J connectivity index is 1.56. The number of amides is 2. The van der Waals surface area contributed by atoms with Gasteiger partial charge >= 0.3 is 6.09 Å². The fourth-order valence-corrected chi connectivity index (χ4v) is 3.83. The Bertz CT molecular complexity index is 974. The largest absolute Gasteiger partial charge is 0.444 e. The molecule has 1 aromatic heterocycles. The molecule has 1 fully saturated rings. The summed E-state index contributed by atoms with van der Waals surface area (Å²) in [4.78, 5) is 37.1. The molecule has 1 unspecified atom stereocenters. The molecule has 9 heteroatoms. The van der Waals surface area contributed by atoms with Crippen LogP contribution in [0.1, 0.15) is 32.8 Å². The second kappa shape index (κ2) is 11.3. The van der Waals surface area contributed by atoms with E-state index in [-0.39, 0.29) is 12.5 Å². The summed E-state index contributed by atoms with van der Waals surface area (Å²) in [5.74, 6) is 1.05. The summed E-state index contributed by atoms with van der Waals surface area (Å²) in [7, 11) is 3.44. The Morgan fingerprint density at radius 1 is 1.21 bits per heavy atom. The molecule has 9 nitrogen and oxygen atoms in total. The SMILES string of the molecule is COCC1CCN(c2ncc(-c3cccc(CN(C)C(=O)CNC(=O)OC(C)(C)C)c3)cn2)C1. The van der Waals surface area contributed by atoms with Crippen molar-refractivity contribution in [1.29, 1.82) is 0 Å². The van der Waals surface area contributed by atoms with Crippen LogP contribution >= 0.6 is 0 Å². The summed E-state index contributed by atoms with van der Waals surface area (Å²) in [5.41, 5.74) is 2.26. The van der Waals surface area contributed by atoms with E-state index in [1.54, 1.807) is 39.8 Å². The molecule has 1 aliphatic rings. The van der Waals surface area contributed by atoms with Crippen LogP contribution in [-0.4, -0.2) is 72.9 Å². The number of nitrogens with one attached hydrogen (secondary N) is 1. The number of benzene rings is 1. The smallest absolute Gasteiger partial charge is 0.408 e. The zero-order chi connectivity index (χ0) is 24.7. The lowest BCUT2D eigenvalue weighted by atomic mass is 10.1. The zero-order valence-corrected chi connectivity index (χ0v) is 20.7. The summed E-state index contributed by atoms with van der Waals surface area (Å²) in [6, 6.07) is 7.93. The van der Waals surface area contributed by atoms with Crippen molar-refractivity contribution in [2.45, 2.75) is 39.3 Å². The highest BCUT2D eigenvalue weighted by Gasteiger charge is 2.24. The van der Waals surface area contributed by atoms with E-state index in [0.29, 0.717) is 12.5 Å². The van der Waals surface area contributed by atoms with E-state index < -0.39 is 11.7 Å². The molecule has 0 spiro atoms. The van der Waals surface area contributed by atoms with Gasteiger partial charge < -0.3 is 24.6 Å². The van der Waals surface area contributed by atoms with Crippen molar-refractivity contribution in [3.05, 3.63) is 42.2 Å². The minimum atomic E-state index is -0.609. The molecule has 2 amide bonds. The lowest BCUT2D eigenvalue weighted by Crippen LogP contribution is -2.40. The third-order valence-electron chi connectivity index (χ3n) is 5.50. The molecule has 1 saturated heterocycles. The number of hydrogen-bond donors (Lipinski definition) is 1. The summed E-state index contributed by atoms with van der Waals surface area (Å²) in [6.45, 7) is 8.22. The molecule has 3 rings (SSSR count). The maximum absolute atomic E-state index is 12.4. The Labute approximate surface area is 201 Å². The molecule has 2 aromatic rings. The fourth-order valence-electron chi connectivity index (χ4n) is 3.83. The molecule has 0 aliphatic carbocycles. The monoisotopic (exact) mass is 469 g/mol. The van der Waals surface area contributed by atoms with Crippen molar-refractivity contribution in [1.82, 2.24) is 20.2 Å². The highest BCUT2D eigenvalue weighted by atomic mass is 16.6. The molecule has 1 atom stereocenters. The number of methoxy groups -OCH3 is 1. The number of anilines is 1. The molecular weight excluding hydrogens is 434 g/mol. The van der Waals surface area contributed by atoms with Gasteiger partial charge in [0.2, 0.25) is 11.9 Å². The average Bonchev–Trinajstić information content (AvgIpc) is 3.25. The first kappa shape index (κ1) is 25.4. The molecule has 184 valence electrons. The van der Waals surface area contributed by atoms with Crippen LogP contribution in [0.2, 0.25) is 0 Å². The van der Waals surface area contributed by atoms with Crippen LogP contribution in [0.5, 0.6) is 0 Å². The van der Waals surface area contributed by atoms with E-state index in [0.717, 1.165) is 48.8 Å². The molecule has 1 aromatic carbocycles. The van der Waals surface area contributed by atoms with Gasteiger partial charge in [-0.15, -0.1) is 0 Å². The Morgan fingerprint density at radius 3 is 2.62 bits per heavy atom. The molecule has 34 heavy (non-hydrogen) atoms. The summed E-state index contributed by atoms with van der Waals surface area (Å²) < 4.78 is 10.4. The van der Waals surface area contributed by atoms with Crippen molar-refractivity contribution in [3.63, 3.8) is 0 Å². The van der Waals surface area contributed by atoms with Crippen molar-refractivity contribution >= 4 is 17.9 Å². The van der Waals surface area contributed by atoms with Crippen LogP contribution in [0.3, 0.4) is 0 Å². The standard InChI is InChI=1S/C25H35N5O4/c1-25(2,3)34-24(32)28-14-22(31)29(4)15-18-7-6-8-20(11-18)21-12-26-23(27-13-21)30-10-9-19(16-30)17-33-5/h6-8,11-13,19H,9-10,14-17H2,1-5H3,(H,28,32). The van der Waals surface area contributed by atoms with Gasteiger partial charge in [-0.25, -0.2) is 14.8 Å². The van der Waals surface area contributed by atoms with Gasteiger partial charge in [0, 0.05) is 57.7 Å². The number of alkyl carbamates (subject to hydrolysis) is 1. The topological polar surface area (TPSA) is 96.9 Å². The number of hydrogen-bond acceptors (Lipinski definition) is 7. The molecule has 1 N–H and O–H groups in total. The van der Waals surface area contributed by atoms with Crippen LogP contribution in [0.15, 0.2) is 36.7 Å². The predicted molar refractivity (Wildman–Crippen MR) is 130 cm³/mol. The van der Waals surface area contributed by atoms with E-state index in [1.807, 2.05) is 36.7 Å². The first-order valence-electron chi connectivity index (χ1n) is 11.5. The quantitative estimate of drug-likeness (QED) is 0.634. The van der Waals surface area contributed by atoms with Gasteiger partial charge in [0.05, 0.1) is 6.61 Å². The van der Waals surface area contributed by atoms with Crippen LogP contribution in [-0.2, 0) is 20.8 Å². The van der Waals surface area contributed by atoms with Gasteiger partial charge in [-0.05, 0) is 44.4 Å². The van der Waals surface area contributed by atoms with Crippen LogP contribution in [0.25, 0.3) is 11.1 Å². The van der Waals surface area contributed by atoms with Gasteiger partial charge in [-0.2, -0.15) is 0 Å². The Kier molecular flexibility index (Phi) is 8.44. The van der Waals surface area contributed by atoms with E-state index in [4.69, 9.17) is 9.47 Å². The van der Waals surface area contributed by atoms with Gasteiger partial charge in [0.25, 0.3) is 0 Å². The van der Waals surface area contributed by atoms with E-state index in [1.165, 1.54) is 0 Å². The maximum Gasteiger partial charge on any atom is 0.408 e. The van der Waals surface area contributed by atoms with E-state index >= 15 is 0 Å². The second-order valence-corrected chi connectivity index (χ2v) is 9.63. The fraction of sp³-hybridized carbons (Fsp3) is 0.520. The van der Waals surface area contributed by atoms with Gasteiger partial charge in [-0.1, -0.05) is 18.2 Å². The van der Waals surface area contributed by atoms with Crippen molar-refractivity contribution in [2.24, 2.45) is 5.92 Å². The third-order valence-corrected chi connectivity index (χ3v) is 5.50. The van der Waals surface area contributed by atoms with E-state index in [9.17, 15) is 9.59 Å². The summed E-state index contributed by atoms with van der Waals surface area (Å²) in [5, 5.41) is 2.50. The third kappa shape index (κ3) is 7.41. The van der Waals surface area contributed by atoms with Crippen LogP contribution < -0.4 is 10.2 Å². The van der Waals surface area contributed by atoms with Crippen LogP contribution in [0.4, 0.5) is 10.7 Å². The van der Waals surface area contributed by atoms with Gasteiger partial charge in [0.15, 0.2) is 0 Å². The molecule has 0 bridgehead atoms. The Hall–Kier alpha value is -3.20. The zero-order valence-electron chi connectivity index (χ0n) is 20.7. The number of carbonyl (C=O) groups excluding carboxylic acids is 2.